The second-order valence-corrected chi connectivity index (χ2v) is 6.63. The van der Waals surface area contributed by atoms with Crippen molar-refractivity contribution >= 4 is 0 Å². The Labute approximate surface area is 111 Å². The van der Waals surface area contributed by atoms with Crippen molar-refractivity contribution in [1.82, 2.24) is 5.32 Å². The SMILES string of the molecule is CCOC1CC(NC2CCCC(CO)C2)C1(C)C. The Kier molecular flexibility index (Phi) is 4.68. The summed E-state index contributed by atoms with van der Waals surface area (Å²) in [7, 11) is 0. The summed E-state index contributed by atoms with van der Waals surface area (Å²) in [6.45, 7) is 7.86. The lowest BCUT2D eigenvalue weighted by Gasteiger charge is -2.53. The zero-order chi connectivity index (χ0) is 13.2. The quantitative estimate of drug-likeness (QED) is 0.792. The van der Waals surface area contributed by atoms with Gasteiger partial charge in [-0.1, -0.05) is 20.3 Å². The fraction of sp³-hybridized carbons (Fsp3) is 1.00. The molecule has 0 heterocycles. The molecule has 4 atom stereocenters. The van der Waals surface area contributed by atoms with Crippen molar-refractivity contribution in [2.45, 2.75) is 71.1 Å². The van der Waals surface area contributed by atoms with E-state index in [1.807, 2.05) is 0 Å². The van der Waals surface area contributed by atoms with E-state index in [0.29, 0.717) is 30.7 Å². The first-order chi connectivity index (χ1) is 8.57. The topological polar surface area (TPSA) is 41.5 Å². The number of ether oxygens (including phenoxy) is 1. The summed E-state index contributed by atoms with van der Waals surface area (Å²) in [6, 6.07) is 1.18. The van der Waals surface area contributed by atoms with Crippen molar-refractivity contribution in [2.75, 3.05) is 13.2 Å². The highest BCUT2D eigenvalue weighted by Gasteiger charge is 2.49. The molecule has 0 aliphatic heterocycles. The highest BCUT2D eigenvalue weighted by atomic mass is 16.5. The Bertz CT molecular complexity index is 267. The van der Waals surface area contributed by atoms with E-state index in [0.717, 1.165) is 19.4 Å². The van der Waals surface area contributed by atoms with Gasteiger partial charge in [0.15, 0.2) is 0 Å². The summed E-state index contributed by atoms with van der Waals surface area (Å²) in [5.41, 5.74) is 0.252. The van der Waals surface area contributed by atoms with Gasteiger partial charge in [0, 0.05) is 30.7 Å². The van der Waals surface area contributed by atoms with Gasteiger partial charge >= 0.3 is 0 Å². The fourth-order valence-electron chi connectivity index (χ4n) is 3.55. The van der Waals surface area contributed by atoms with Gasteiger partial charge in [-0.25, -0.2) is 0 Å². The molecule has 0 aromatic rings. The van der Waals surface area contributed by atoms with Gasteiger partial charge in [-0.05, 0) is 38.5 Å². The van der Waals surface area contributed by atoms with Crippen LogP contribution >= 0.6 is 0 Å². The fourth-order valence-corrected chi connectivity index (χ4v) is 3.55. The van der Waals surface area contributed by atoms with Crippen LogP contribution in [0.4, 0.5) is 0 Å². The maximum Gasteiger partial charge on any atom is 0.0655 e. The highest BCUT2D eigenvalue weighted by molar-refractivity contribution is 5.04. The van der Waals surface area contributed by atoms with Gasteiger partial charge in [0.05, 0.1) is 6.10 Å². The Morgan fingerprint density at radius 1 is 1.28 bits per heavy atom. The number of nitrogens with one attached hydrogen (secondary N) is 1. The Balaban J connectivity index is 1.80. The first kappa shape index (κ1) is 14.3. The van der Waals surface area contributed by atoms with Crippen molar-refractivity contribution in [3.63, 3.8) is 0 Å². The zero-order valence-electron chi connectivity index (χ0n) is 12.1. The van der Waals surface area contributed by atoms with Gasteiger partial charge in [0.25, 0.3) is 0 Å². The third kappa shape index (κ3) is 2.89. The minimum atomic E-state index is 0.252. The summed E-state index contributed by atoms with van der Waals surface area (Å²) >= 11 is 0. The van der Waals surface area contributed by atoms with Gasteiger partial charge < -0.3 is 15.2 Å². The summed E-state index contributed by atoms with van der Waals surface area (Å²) in [5, 5.41) is 13.1. The average Bonchev–Trinajstić information content (AvgIpc) is 2.38. The molecule has 3 nitrogen and oxygen atoms in total. The standard InChI is InChI=1S/C15H29NO2/c1-4-18-14-9-13(15(14,2)3)16-12-7-5-6-11(8-12)10-17/h11-14,16-17H,4-10H2,1-3H3. The molecule has 106 valence electrons. The van der Waals surface area contributed by atoms with Gasteiger partial charge in [0.2, 0.25) is 0 Å². The molecule has 0 bridgehead atoms. The molecule has 2 N–H and O–H groups in total. The first-order valence-electron chi connectivity index (χ1n) is 7.56. The number of hydrogen-bond donors (Lipinski definition) is 2. The molecule has 0 amide bonds. The molecule has 2 rings (SSSR count). The first-order valence-corrected chi connectivity index (χ1v) is 7.56. The molecule has 2 fully saturated rings. The van der Waals surface area contributed by atoms with Gasteiger partial charge in [-0.2, -0.15) is 0 Å². The number of aliphatic hydroxyl groups excluding tert-OH is 1. The van der Waals surface area contributed by atoms with Crippen molar-refractivity contribution in [1.29, 1.82) is 0 Å². The van der Waals surface area contributed by atoms with Crippen LogP contribution in [0.3, 0.4) is 0 Å². The molecule has 18 heavy (non-hydrogen) atoms. The molecule has 0 aromatic carbocycles. The molecule has 4 unspecified atom stereocenters. The van der Waals surface area contributed by atoms with E-state index < -0.39 is 0 Å². The van der Waals surface area contributed by atoms with Crippen LogP contribution in [0.2, 0.25) is 0 Å². The predicted molar refractivity (Wildman–Crippen MR) is 73.6 cm³/mol. The number of hydrogen-bond acceptors (Lipinski definition) is 3. The average molecular weight is 255 g/mol. The van der Waals surface area contributed by atoms with Crippen molar-refractivity contribution in [3.8, 4) is 0 Å². The minimum Gasteiger partial charge on any atom is -0.396 e. The van der Waals surface area contributed by atoms with Crippen molar-refractivity contribution in [2.24, 2.45) is 11.3 Å². The van der Waals surface area contributed by atoms with Crippen LogP contribution in [0.1, 0.15) is 52.9 Å². The van der Waals surface area contributed by atoms with E-state index in [-0.39, 0.29) is 5.41 Å². The molecular weight excluding hydrogens is 226 g/mol. The highest BCUT2D eigenvalue weighted by Crippen LogP contribution is 2.43. The summed E-state index contributed by atoms with van der Waals surface area (Å²) in [6.07, 6.45) is 6.42. The third-order valence-electron chi connectivity index (χ3n) is 5.02. The normalized spacial score (nSPS) is 39.3. The summed E-state index contributed by atoms with van der Waals surface area (Å²) in [4.78, 5) is 0. The maximum absolute atomic E-state index is 9.28. The maximum atomic E-state index is 9.28. The summed E-state index contributed by atoms with van der Waals surface area (Å²) < 4.78 is 5.77. The summed E-state index contributed by atoms with van der Waals surface area (Å²) in [5.74, 6) is 0.516. The third-order valence-corrected chi connectivity index (χ3v) is 5.02. The molecule has 2 aliphatic carbocycles. The predicted octanol–water partition coefficient (Wildman–Crippen LogP) is 2.33. The smallest absolute Gasteiger partial charge is 0.0655 e. The van der Waals surface area contributed by atoms with E-state index in [1.54, 1.807) is 0 Å². The molecule has 3 heteroatoms. The van der Waals surface area contributed by atoms with E-state index >= 15 is 0 Å². The minimum absolute atomic E-state index is 0.252. The van der Waals surface area contributed by atoms with Gasteiger partial charge in [-0.3, -0.25) is 0 Å². The van der Waals surface area contributed by atoms with Crippen molar-refractivity contribution in [3.05, 3.63) is 0 Å². The second kappa shape index (κ2) is 5.89. The molecular formula is C15H29NO2. The number of aliphatic hydroxyl groups is 1. The molecule has 2 saturated carbocycles. The Morgan fingerprint density at radius 2 is 2.06 bits per heavy atom. The number of rotatable bonds is 5. The van der Waals surface area contributed by atoms with E-state index in [2.05, 4.69) is 26.1 Å². The van der Waals surface area contributed by atoms with Crippen LogP contribution < -0.4 is 5.32 Å². The Morgan fingerprint density at radius 3 is 2.67 bits per heavy atom. The molecule has 0 spiro atoms. The lowest BCUT2D eigenvalue weighted by molar-refractivity contribution is -0.117. The van der Waals surface area contributed by atoms with E-state index in [1.165, 1.54) is 19.3 Å². The van der Waals surface area contributed by atoms with Crippen LogP contribution in [-0.2, 0) is 4.74 Å². The molecule has 0 saturated heterocycles. The molecule has 2 aliphatic rings. The molecule has 0 aromatic heterocycles. The van der Waals surface area contributed by atoms with E-state index in [4.69, 9.17) is 4.74 Å². The van der Waals surface area contributed by atoms with Crippen molar-refractivity contribution < 1.29 is 9.84 Å². The van der Waals surface area contributed by atoms with Crippen LogP contribution in [-0.4, -0.2) is 36.5 Å². The van der Waals surface area contributed by atoms with Gasteiger partial charge in [-0.15, -0.1) is 0 Å². The lowest BCUT2D eigenvalue weighted by atomic mass is 9.64. The van der Waals surface area contributed by atoms with Crippen LogP contribution in [0.25, 0.3) is 0 Å². The Hall–Kier alpha value is -0.120. The lowest BCUT2D eigenvalue weighted by Crippen LogP contribution is -2.63. The van der Waals surface area contributed by atoms with Crippen LogP contribution in [0, 0.1) is 11.3 Å². The zero-order valence-corrected chi connectivity index (χ0v) is 12.1. The van der Waals surface area contributed by atoms with Gasteiger partial charge in [0.1, 0.15) is 0 Å². The monoisotopic (exact) mass is 255 g/mol. The van der Waals surface area contributed by atoms with E-state index in [9.17, 15) is 5.11 Å². The second-order valence-electron chi connectivity index (χ2n) is 6.63. The van der Waals surface area contributed by atoms with Crippen LogP contribution in [0.15, 0.2) is 0 Å². The molecule has 0 radical (unpaired) electrons. The largest absolute Gasteiger partial charge is 0.396 e. The van der Waals surface area contributed by atoms with Crippen LogP contribution in [0.5, 0.6) is 0 Å².